The maximum atomic E-state index is 5.15. The molecule has 192 valence electrons. The Bertz CT molecular complexity index is 2490. The molecule has 2 aromatic heterocycles. The predicted molar refractivity (Wildman–Crippen MR) is 173 cm³/mol. The highest BCUT2D eigenvalue weighted by atomic mass is 14.7. The molecule has 5 aromatic carbocycles. The molecule has 0 spiro atoms. The van der Waals surface area contributed by atoms with E-state index in [0.29, 0.717) is 0 Å². The van der Waals surface area contributed by atoms with Gasteiger partial charge in [0.1, 0.15) is 0 Å². The first-order valence-corrected chi connectivity index (χ1v) is 14.2. The van der Waals surface area contributed by atoms with Gasteiger partial charge in [-0.15, -0.1) is 0 Å². The SMILES string of the molecule is CC1(C)C=CC=C2C=c3cc4c5ccccc5c5cc(-c6ccc7ccc8cccnc8c7n6)ccc5c4cc3=C21. The third kappa shape index (κ3) is 3.19. The molecule has 0 amide bonds. The smallest absolute Gasteiger partial charge is 0.0972 e. The average Bonchev–Trinajstić information content (AvgIpc) is 3.38. The topological polar surface area (TPSA) is 25.8 Å². The van der Waals surface area contributed by atoms with E-state index in [0.717, 1.165) is 33.1 Å². The Balaban J connectivity index is 1.35. The van der Waals surface area contributed by atoms with Crippen molar-refractivity contribution in [2.75, 3.05) is 0 Å². The Labute approximate surface area is 237 Å². The van der Waals surface area contributed by atoms with Crippen LogP contribution in [0.2, 0.25) is 0 Å². The number of rotatable bonds is 1. The molecule has 2 nitrogen and oxygen atoms in total. The zero-order valence-corrected chi connectivity index (χ0v) is 22.9. The van der Waals surface area contributed by atoms with Gasteiger partial charge < -0.3 is 0 Å². The number of hydrogen-bond donors (Lipinski definition) is 0. The van der Waals surface area contributed by atoms with E-state index in [1.807, 2.05) is 12.3 Å². The first-order chi connectivity index (χ1) is 20.0. The Hall–Kier alpha value is -5.08. The van der Waals surface area contributed by atoms with Gasteiger partial charge in [0, 0.05) is 27.9 Å². The van der Waals surface area contributed by atoms with Crippen LogP contribution in [-0.2, 0) is 0 Å². The summed E-state index contributed by atoms with van der Waals surface area (Å²) >= 11 is 0. The lowest BCUT2D eigenvalue weighted by molar-refractivity contribution is 0.644. The van der Waals surface area contributed by atoms with Crippen molar-refractivity contribution in [2.24, 2.45) is 5.41 Å². The van der Waals surface area contributed by atoms with Gasteiger partial charge in [-0.1, -0.05) is 92.7 Å². The average molecular weight is 523 g/mol. The summed E-state index contributed by atoms with van der Waals surface area (Å²) in [7, 11) is 0. The van der Waals surface area contributed by atoms with Crippen LogP contribution in [0.1, 0.15) is 13.8 Å². The summed E-state index contributed by atoms with van der Waals surface area (Å²) < 4.78 is 0. The number of aromatic nitrogens is 2. The number of allylic oxidation sites excluding steroid dienone is 4. The molecule has 0 saturated carbocycles. The Kier molecular flexibility index (Phi) is 4.42. The van der Waals surface area contributed by atoms with Crippen LogP contribution in [-0.4, -0.2) is 9.97 Å². The minimum absolute atomic E-state index is 0.000113. The molecule has 2 heteroatoms. The zero-order valence-electron chi connectivity index (χ0n) is 22.9. The Morgan fingerprint density at radius 2 is 1.37 bits per heavy atom. The van der Waals surface area contributed by atoms with Crippen molar-refractivity contribution in [1.82, 2.24) is 9.97 Å². The summed E-state index contributed by atoms with van der Waals surface area (Å²) in [6.45, 7) is 4.64. The van der Waals surface area contributed by atoms with E-state index in [1.54, 1.807) is 0 Å². The molecule has 0 unspecified atom stereocenters. The molecule has 0 saturated heterocycles. The first kappa shape index (κ1) is 22.7. The summed E-state index contributed by atoms with van der Waals surface area (Å²) in [6.07, 6.45) is 11.0. The molecule has 9 rings (SSSR count). The van der Waals surface area contributed by atoms with Crippen LogP contribution in [0.4, 0.5) is 0 Å². The fourth-order valence-electron chi connectivity index (χ4n) is 7.12. The van der Waals surface area contributed by atoms with Crippen LogP contribution >= 0.6 is 0 Å². The van der Waals surface area contributed by atoms with Crippen molar-refractivity contribution in [3.05, 3.63) is 131 Å². The van der Waals surface area contributed by atoms with Gasteiger partial charge in [0.15, 0.2) is 0 Å². The van der Waals surface area contributed by atoms with Crippen molar-refractivity contribution in [2.45, 2.75) is 13.8 Å². The lowest BCUT2D eigenvalue weighted by Crippen LogP contribution is -2.27. The van der Waals surface area contributed by atoms with Gasteiger partial charge in [-0.25, -0.2) is 4.98 Å². The van der Waals surface area contributed by atoms with Gasteiger partial charge >= 0.3 is 0 Å². The van der Waals surface area contributed by atoms with Gasteiger partial charge in [-0.2, -0.15) is 0 Å². The molecule has 0 bridgehead atoms. The lowest BCUT2D eigenvalue weighted by atomic mass is 9.77. The van der Waals surface area contributed by atoms with Crippen LogP contribution in [0.15, 0.2) is 121 Å². The minimum atomic E-state index is 0.000113. The maximum absolute atomic E-state index is 5.15. The highest BCUT2D eigenvalue weighted by Gasteiger charge is 2.28. The summed E-state index contributed by atoms with van der Waals surface area (Å²) in [5, 5.41) is 12.6. The third-order valence-corrected chi connectivity index (χ3v) is 9.04. The summed E-state index contributed by atoms with van der Waals surface area (Å²) in [5.41, 5.74) is 6.73. The third-order valence-electron chi connectivity index (χ3n) is 9.04. The fourth-order valence-corrected chi connectivity index (χ4v) is 7.12. The number of nitrogens with zero attached hydrogens (tertiary/aromatic N) is 2. The van der Waals surface area contributed by atoms with E-state index in [1.165, 1.54) is 53.9 Å². The van der Waals surface area contributed by atoms with Crippen molar-refractivity contribution in [3.63, 3.8) is 0 Å². The Morgan fingerprint density at radius 1 is 0.634 bits per heavy atom. The normalized spacial score (nSPS) is 15.5. The van der Waals surface area contributed by atoms with Crippen LogP contribution in [0.25, 0.3) is 77.0 Å². The van der Waals surface area contributed by atoms with Gasteiger partial charge in [0.05, 0.1) is 16.7 Å². The fraction of sp³-hybridized carbons (Fsp3) is 0.0769. The highest BCUT2D eigenvalue weighted by Crippen LogP contribution is 2.40. The molecule has 41 heavy (non-hydrogen) atoms. The molecule has 0 radical (unpaired) electrons. The molecular formula is C39H26N2. The zero-order chi connectivity index (χ0) is 27.3. The maximum Gasteiger partial charge on any atom is 0.0972 e. The molecule has 7 aromatic rings. The second kappa shape index (κ2) is 7.99. The van der Waals surface area contributed by atoms with E-state index >= 15 is 0 Å². The second-order valence-corrected chi connectivity index (χ2v) is 11.9. The van der Waals surface area contributed by atoms with Crippen molar-refractivity contribution >= 4 is 65.8 Å². The number of benzene rings is 5. The summed E-state index contributed by atoms with van der Waals surface area (Å²) in [6, 6.07) is 33.2. The molecule has 0 aliphatic heterocycles. The van der Waals surface area contributed by atoms with Gasteiger partial charge in [0.25, 0.3) is 0 Å². The standard InChI is InChI=1S/C39H26N2/c1-39(2)17-5-7-26-19-27-21-33-29-10-4-3-9-28(29)32-20-25(13-15-30(32)34(33)22-31(27)36(26)39)35-16-14-24-12-11-23-8-6-18-40-37(23)38(24)41-35/h3-22H,1-2H3. The largest absolute Gasteiger partial charge is 0.254 e. The lowest BCUT2D eigenvalue weighted by Gasteiger charge is -2.26. The highest BCUT2D eigenvalue weighted by molar-refractivity contribution is 6.26. The van der Waals surface area contributed by atoms with E-state index in [2.05, 4.69) is 128 Å². The van der Waals surface area contributed by atoms with Crippen LogP contribution in [0.5, 0.6) is 0 Å². The first-order valence-electron chi connectivity index (χ1n) is 14.2. The number of hydrogen-bond acceptors (Lipinski definition) is 2. The molecule has 0 atom stereocenters. The molecule has 0 N–H and O–H groups in total. The van der Waals surface area contributed by atoms with E-state index in [4.69, 9.17) is 4.98 Å². The van der Waals surface area contributed by atoms with Gasteiger partial charge in [-0.3, -0.25) is 4.98 Å². The predicted octanol–water partition coefficient (Wildman–Crippen LogP) is 8.38. The monoisotopic (exact) mass is 522 g/mol. The van der Waals surface area contributed by atoms with Crippen LogP contribution in [0, 0.1) is 5.41 Å². The van der Waals surface area contributed by atoms with E-state index in [9.17, 15) is 0 Å². The molecular weight excluding hydrogens is 496 g/mol. The van der Waals surface area contributed by atoms with Crippen molar-refractivity contribution < 1.29 is 0 Å². The number of fused-ring (bicyclic) bond motifs is 11. The van der Waals surface area contributed by atoms with Gasteiger partial charge in [-0.05, 0) is 90.3 Å². The number of pyridine rings is 2. The molecule has 2 heterocycles. The molecule has 2 aliphatic carbocycles. The van der Waals surface area contributed by atoms with E-state index in [-0.39, 0.29) is 5.41 Å². The molecule has 0 fully saturated rings. The van der Waals surface area contributed by atoms with Crippen molar-refractivity contribution in [1.29, 1.82) is 0 Å². The van der Waals surface area contributed by atoms with Crippen molar-refractivity contribution in [3.8, 4) is 11.3 Å². The Morgan fingerprint density at radius 3 is 2.22 bits per heavy atom. The summed E-state index contributed by atoms with van der Waals surface area (Å²) in [5.74, 6) is 0. The summed E-state index contributed by atoms with van der Waals surface area (Å²) in [4.78, 5) is 9.81. The molecule has 2 aliphatic rings. The minimum Gasteiger partial charge on any atom is -0.254 e. The van der Waals surface area contributed by atoms with Crippen LogP contribution in [0.3, 0.4) is 0 Å². The van der Waals surface area contributed by atoms with E-state index < -0.39 is 0 Å². The quantitative estimate of drug-likeness (QED) is 0.202. The van der Waals surface area contributed by atoms with Crippen LogP contribution < -0.4 is 10.4 Å². The second-order valence-electron chi connectivity index (χ2n) is 11.9. The van der Waals surface area contributed by atoms with Gasteiger partial charge in [0.2, 0.25) is 0 Å².